The van der Waals surface area contributed by atoms with Gasteiger partial charge in [0.2, 0.25) is 0 Å². The molecule has 3 rings (SSSR count). The number of pyridine rings is 2. The van der Waals surface area contributed by atoms with Crippen LogP contribution in [0.5, 0.6) is 0 Å². The first-order chi connectivity index (χ1) is 11.1. The normalized spacial score (nSPS) is 12.1. The fraction of sp³-hybridized carbons (Fsp3) is 0.158. The highest BCUT2D eigenvalue weighted by molar-refractivity contribution is 6.35. The topological polar surface area (TPSA) is 25.8 Å². The largest absolute Gasteiger partial charge is 0.264 e. The molecule has 0 amide bonds. The third-order valence-electron chi connectivity index (χ3n) is 3.85. The summed E-state index contributed by atoms with van der Waals surface area (Å²) in [4.78, 5) is 8.74. The molecule has 0 aliphatic heterocycles. The number of hydrogen-bond donors (Lipinski definition) is 0. The quantitative estimate of drug-likeness (QED) is 0.599. The first kappa shape index (κ1) is 16.0. The summed E-state index contributed by atoms with van der Waals surface area (Å²) in [5.41, 5.74) is 4.11. The average molecular weight is 343 g/mol. The van der Waals surface area contributed by atoms with Gasteiger partial charge in [-0.25, -0.2) is 0 Å². The lowest BCUT2D eigenvalue weighted by molar-refractivity contribution is 0.753. The minimum Gasteiger partial charge on any atom is -0.264 e. The highest BCUT2D eigenvalue weighted by Gasteiger charge is 2.14. The van der Waals surface area contributed by atoms with Gasteiger partial charge in [-0.05, 0) is 53.8 Å². The fourth-order valence-corrected chi connectivity index (χ4v) is 3.02. The van der Waals surface area contributed by atoms with E-state index in [-0.39, 0.29) is 0 Å². The summed E-state index contributed by atoms with van der Waals surface area (Å²) in [7, 11) is 0. The van der Waals surface area contributed by atoms with Gasteiger partial charge >= 0.3 is 0 Å². The van der Waals surface area contributed by atoms with E-state index in [0.717, 1.165) is 23.2 Å². The highest BCUT2D eigenvalue weighted by Crippen LogP contribution is 2.33. The van der Waals surface area contributed by atoms with Gasteiger partial charge in [-0.1, -0.05) is 42.3 Å². The van der Waals surface area contributed by atoms with Crippen molar-refractivity contribution in [1.82, 2.24) is 9.97 Å². The second kappa shape index (κ2) is 7.12. The molecule has 3 aromatic rings. The molecule has 1 unspecified atom stereocenters. The predicted molar refractivity (Wildman–Crippen MR) is 96.0 cm³/mol. The second-order valence-corrected chi connectivity index (χ2v) is 6.37. The van der Waals surface area contributed by atoms with E-state index in [9.17, 15) is 0 Å². The van der Waals surface area contributed by atoms with E-state index in [2.05, 4.69) is 29.0 Å². The van der Waals surface area contributed by atoms with Crippen LogP contribution in [-0.4, -0.2) is 9.97 Å². The molecule has 0 radical (unpaired) electrons. The van der Waals surface area contributed by atoms with Crippen molar-refractivity contribution in [2.45, 2.75) is 19.3 Å². The van der Waals surface area contributed by atoms with Crippen molar-refractivity contribution in [3.63, 3.8) is 0 Å². The summed E-state index contributed by atoms with van der Waals surface area (Å²) in [6.07, 6.45) is 6.34. The second-order valence-electron chi connectivity index (χ2n) is 5.53. The maximum absolute atomic E-state index is 6.35. The summed E-state index contributed by atoms with van der Waals surface area (Å²) in [6.45, 7) is 2.19. The molecule has 0 aliphatic rings. The van der Waals surface area contributed by atoms with Crippen molar-refractivity contribution in [3.05, 3.63) is 82.2 Å². The van der Waals surface area contributed by atoms with E-state index in [4.69, 9.17) is 23.2 Å². The van der Waals surface area contributed by atoms with E-state index < -0.39 is 0 Å². The zero-order valence-electron chi connectivity index (χ0n) is 12.7. The summed E-state index contributed by atoms with van der Waals surface area (Å²) in [6, 6.07) is 13.6. The van der Waals surface area contributed by atoms with E-state index in [1.54, 1.807) is 18.5 Å². The molecule has 1 atom stereocenters. The highest BCUT2D eigenvalue weighted by atomic mass is 35.5. The zero-order valence-corrected chi connectivity index (χ0v) is 14.2. The van der Waals surface area contributed by atoms with Crippen LogP contribution < -0.4 is 0 Å². The Hall–Kier alpha value is -1.90. The van der Waals surface area contributed by atoms with Gasteiger partial charge in [-0.15, -0.1) is 0 Å². The lowest BCUT2D eigenvalue weighted by atomic mass is 9.92. The number of halogens is 2. The molecule has 23 heavy (non-hydrogen) atoms. The summed E-state index contributed by atoms with van der Waals surface area (Å²) in [5, 5.41) is 1.31. The number of aromatic nitrogens is 2. The molecule has 0 saturated heterocycles. The van der Waals surface area contributed by atoms with Gasteiger partial charge in [0.1, 0.15) is 0 Å². The van der Waals surface area contributed by atoms with Crippen LogP contribution in [0, 0.1) is 0 Å². The molecule has 0 fully saturated rings. The van der Waals surface area contributed by atoms with Crippen molar-refractivity contribution >= 4 is 23.2 Å². The molecular weight excluding hydrogens is 327 g/mol. The van der Waals surface area contributed by atoms with Crippen LogP contribution in [0.4, 0.5) is 0 Å². The number of hydrogen-bond acceptors (Lipinski definition) is 2. The van der Waals surface area contributed by atoms with Crippen LogP contribution in [0.2, 0.25) is 10.0 Å². The van der Waals surface area contributed by atoms with E-state index in [0.29, 0.717) is 16.0 Å². The first-order valence-corrected chi connectivity index (χ1v) is 8.20. The maximum Gasteiger partial charge on any atom is 0.0749 e. The van der Waals surface area contributed by atoms with Gasteiger partial charge in [0.05, 0.1) is 10.7 Å². The lowest BCUT2D eigenvalue weighted by Crippen LogP contribution is -2.02. The smallest absolute Gasteiger partial charge is 0.0749 e. The van der Waals surface area contributed by atoms with Crippen LogP contribution in [0.25, 0.3) is 11.3 Å². The molecular formula is C19H16Cl2N2. The van der Waals surface area contributed by atoms with Crippen LogP contribution in [-0.2, 0) is 6.42 Å². The zero-order chi connectivity index (χ0) is 16.2. The number of rotatable bonds is 4. The van der Waals surface area contributed by atoms with E-state index in [1.807, 2.05) is 30.5 Å². The maximum atomic E-state index is 6.35. The monoisotopic (exact) mass is 342 g/mol. The molecule has 116 valence electrons. The van der Waals surface area contributed by atoms with Gasteiger partial charge in [-0.2, -0.15) is 0 Å². The summed E-state index contributed by atoms with van der Waals surface area (Å²) in [5.74, 6) is 0.338. The Morgan fingerprint density at radius 1 is 1.04 bits per heavy atom. The van der Waals surface area contributed by atoms with Crippen molar-refractivity contribution in [2.24, 2.45) is 0 Å². The Balaban J connectivity index is 1.97. The Kier molecular flexibility index (Phi) is 4.94. The SMILES string of the molecule is CC(Cc1cccnc1-c1cc(Cl)ccc1Cl)c1cccnc1. The van der Waals surface area contributed by atoms with Gasteiger partial charge in [0.25, 0.3) is 0 Å². The Labute approximate surface area is 146 Å². The summed E-state index contributed by atoms with van der Waals surface area (Å²) < 4.78 is 0. The van der Waals surface area contributed by atoms with Crippen molar-refractivity contribution < 1.29 is 0 Å². The van der Waals surface area contributed by atoms with Gasteiger partial charge in [0.15, 0.2) is 0 Å². The molecule has 2 heterocycles. The van der Waals surface area contributed by atoms with Crippen LogP contribution in [0.1, 0.15) is 24.0 Å². The van der Waals surface area contributed by atoms with Crippen molar-refractivity contribution in [1.29, 1.82) is 0 Å². The minimum atomic E-state index is 0.338. The molecule has 2 aromatic heterocycles. The molecule has 0 saturated carbocycles. The van der Waals surface area contributed by atoms with Crippen molar-refractivity contribution in [2.75, 3.05) is 0 Å². The number of benzene rings is 1. The number of nitrogens with zero attached hydrogens (tertiary/aromatic N) is 2. The van der Waals surface area contributed by atoms with Gasteiger partial charge in [-0.3, -0.25) is 9.97 Å². The molecule has 0 N–H and O–H groups in total. The van der Waals surface area contributed by atoms with Crippen LogP contribution in [0.3, 0.4) is 0 Å². The molecule has 2 nitrogen and oxygen atoms in total. The molecule has 1 aromatic carbocycles. The van der Waals surface area contributed by atoms with Crippen molar-refractivity contribution in [3.8, 4) is 11.3 Å². The predicted octanol–water partition coefficient (Wildman–Crippen LogP) is 5.80. The molecule has 0 aliphatic carbocycles. The first-order valence-electron chi connectivity index (χ1n) is 7.44. The Bertz CT molecular complexity index is 803. The van der Waals surface area contributed by atoms with Gasteiger partial charge < -0.3 is 0 Å². The lowest BCUT2D eigenvalue weighted by Gasteiger charge is -2.15. The standard InChI is InChI=1S/C19H16Cl2N2/c1-13(15-5-2-8-22-12-15)10-14-4-3-9-23-19(14)17-11-16(20)6-7-18(17)21/h2-9,11-13H,10H2,1H3. The third kappa shape index (κ3) is 3.72. The minimum absolute atomic E-state index is 0.338. The van der Waals surface area contributed by atoms with Crippen LogP contribution in [0.15, 0.2) is 61.1 Å². The molecule has 0 bridgehead atoms. The van der Waals surface area contributed by atoms with Crippen LogP contribution >= 0.6 is 23.2 Å². The Morgan fingerprint density at radius 3 is 2.65 bits per heavy atom. The molecule has 4 heteroatoms. The average Bonchev–Trinajstić information content (AvgIpc) is 2.58. The third-order valence-corrected chi connectivity index (χ3v) is 4.42. The van der Waals surface area contributed by atoms with Gasteiger partial charge in [0, 0.05) is 29.2 Å². The Morgan fingerprint density at radius 2 is 1.87 bits per heavy atom. The molecule has 0 spiro atoms. The van der Waals surface area contributed by atoms with E-state index >= 15 is 0 Å². The summed E-state index contributed by atoms with van der Waals surface area (Å²) >= 11 is 12.5. The van der Waals surface area contributed by atoms with E-state index in [1.165, 1.54) is 5.56 Å². The fourth-order valence-electron chi connectivity index (χ4n) is 2.64.